The lowest BCUT2D eigenvalue weighted by atomic mass is 10.0. The number of ether oxygens (including phenoxy) is 1. The molecule has 0 radical (unpaired) electrons. The Morgan fingerprint density at radius 2 is 1.59 bits per heavy atom. The third-order valence-electron chi connectivity index (χ3n) is 3.94. The van der Waals surface area contributed by atoms with Crippen LogP contribution >= 0.6 is 0 Å². The van der Waals surface area contributed by atoms with E-state index in [1.807, 2.05) is 31.2 Å². The van der Waals surface area contributed by atoms with E-state index in [0.717, 1.165) is 16.9 Å². The highest BCUT2D eigenvalue weighted by molar-refractivity contribution is 5.97. The molecule has 0 aliphatic rings. The second-order valence-electron chi connectivity index (χ2n) is 5.90. The smallest absolute Gasteiger partial charge is 0.303 e. The minimum atomic E-state index is -1.06. The Balaban J connectivity index is 2.05. The lowest BCUT2D eigenvalue weighted by Crippen LogP contribution is -2.44. The van der Waals surface area contributed by atoms with Crippen LogP contribution < -0.4 is 15.8 Å². The molecule has 2 aromatic carbocycles. The minimum absolute atomic E-state index is 0.0549. The zero-order valence-electron chi connectivity index (χ0n) is 15.0. The maximum atomic E-state index is 12.3. The quantitative estimate of drug-likeness (QED) is 0.625. The molecule has 0 bridgehead atoms. The van der Waals surface area contributed by atoms with Crippen LogP contribution in [0.4, 0.5) is 0 Å². The van der Waals surface area contributed by atoms with Gasteiger partial charge < -0.3 is 20.9 Å². The fourth-order valence-corrected chi connectivity index (χ4v) is 2.52. The molecule has 2 rings (SSSR count). The number of hydrogen-bond acceptors (Lipinski definition) is 4. The maximum Gasteiger partial charge on any atom is 0.303 e. The highest BCUT2D eigenvalue weighted by Gasteiger charge is 2.20. The predicted octanol–water partition coefficient (Wildman–Crippen LogP) is 2.20. The van der Waals surface area contributed by atoms with Crippen LogP contribution in [0.3, 0.4) is 0 Å². The van der Waals surface area contributed by atoms with Crippen LogP contribution in [0.2, 0.25) is 0 Å². The number of hydrogen-bond donors (Lipinski definition) is 3. The van der Waals surface area contributed by atoms with Crippen LogP contribution in [0.1, 0.15) is 30.1 Å². The first kappa shape index (κ1) is 20.0. The average molecular weight is 370 g/mol. The molecule has 0 saturated heterocycles. The summed E-state index contributed by atoms with van der Waals surface area (Å²) < 4.78 is 5.41. The Morgan fingerprint density at radius 1 is 1.04 bits per heavy atom. The summed E-state index contributed by atoms with van der Waals surface area (Å²) in [6.45, 7) is 2.52. The van der Waals surface area contributed by atoms with Gasteiger partial charge in [-0.2, -0.15) is 0 Å². The topological polar surface area (TPSA) is 119 Å². The van der Waals surface area contributed by atoms with Gasteiger partial charge in [0.25, 0.3) is 5.91 Å². The van der Waals surface area contributed by atoms with Gasteiger partial charge in [0.05, 0.1) is 6.61 Å². The van der Waals surface area contributed by atoms with Gasteiger partial charge in [0.15, 0.2) is 0 Å². The summed E-state index contributed by atoms with van der Waals surface area (Å²) >= 11 is 0. The molecule has 0 saturated carbocycles. The standard InChI is InChI=1S/C20H22N2O5/c1-2-27-16-9-7-14(8-10-16)13-3-5-15(6-4-13)20(26)22-17(19(21)25)11-12-18(23)24/h3-10,17H,2,11-12H2,1H3,(H2,21,25)(H,22,26)(H,23,24)/t17-/m0/s1. The van der Waals surface area contributed by atoms with Gasteiger partial charge in [-0.1, -0.05) is 24.3 Å². The van der Waals surface area contributed by atoms with E-state index in [4.69, 9.17) is 15.6 Å². The van der Waals surface area contributed by atoms with E-state index < -0.39 is 23.8 Å². The van der Waals surface area contributed by atoms with Crippen LogP contribution in [0.5, 0.6) is 5.75 Å². The van der Waals surface area contributed by atoms with Crippen molar-refractivity contribution in [2.24, 2.45) is 5.73 Å². The minimum Gasteiger partial charge on any atom is -0.494 e. The molecule has 27 heavy (non-hydrogen) atoms. The monoisotopic (exact) mass is 370 g/mol. The van der Waals surface area contributed by atoms with E-state index in [9.17, 15) is 14.4 Å². The summed E-state index contributed by atoms with van der Waals surface area (Å²) in [4.78, 5) is 34.3. The molecule has 1 atom stereocenters. The van der Waals surface area contributed by atoms with Crippen molar-refractivity contribution < 1.29 is 24.2 Å². The molecule has 0 aliphatic heterocycles. The molecule has 0 aliphatic carbocycles. The SMILES string of the molecule is CCOc1ccc(-c2ccc(C(=O)N[C@@H](CCC(=O)O)C(N)=O)cc2)cc1. The summed E-state index contributed by atoms with van der Waals surface area (Å²) in [5, 5.41) is 11.2. The Morgan fingerprint density at radius 3 is 2.07 bits per heavy atom. The van der Waals surface area contributed by atoms with Crippen LogP contribution in [-0.4, -0.2) is 35.5 Å². The van der Waals surface area contributed by atoms with Crippen molar-refractivity contribution in [3.05, 3.63) is 54.1 Å². The summed E-state index contributed by atoms with van der Waals surface area (Å²) in [7, 11) is 0. The van der Waals surface area contributed by atoms with E-state index >= 15 is 0 Å². The molecular formula is C20H22N2O5. The zero-order valence-corrected chi connectivity index (χ0v) is 15.0. The summed E-state index contributed by atoms with van der Waals surface area (Å²) in [5.41, 5.74) is 7.48. The van der Waals surface area contributed by atoms with Crippen molar-refractivity contribution in [2.45, 2.75) is 25.8 Å². The van der Waals surface area contributed by atoms with Crippen molar-refractivity contribution >= 4 is 17.8 Å². The largest absolute Gasteiger partial charge is 0.494 e. The Labute approximate surface area is 157 Å². The van der Waals surface area contributed by atoms with Crippen molar-refractivity contribution in [1.82, 2.24) is 5.32 Å². The highest BCUT2D eigenvalue weighted by Crippen LogP contribution is 2.23. The normalized spacial score (nSPS) is 11.4. The summed E-state index contributed by atoms with van der Waals surface area (Å²) in [6.07, 6.45) is -0.314. The molecule has 2 aromatic rings. The predicted molar refractivity (Wildman–Crippen MR) is 100 cm³/mol. The molecule has 0 spiro atoms. The molecular weight excluding hydrogens is 348 g/mol. The second-order valence-corrected chi connectivity index (χ2v) is 5.90. The molecule has 0 aromatic heterocycles. The van der Waals surface area contributed by atoms with Gasteiger partial charge in [0.2, 0.25) is 5.91 Å². The van der Waals surface area contributed by atoms with Gasteiger partial charge in [-0.05, 0) is 48.7 Å². The number of carbonyl (C=O) groups is 3. The molecule has 0 unspecified atom stereocenters. The van der Waals surface area contributed by atoms with E-state index in [-0.39, 0.29) is 12.8 Å². The number of primary amides is 1. The van der Waals surface area contributed by atoms with Crippen LogP contribution in [-0.2, 0) is 9.59 Å². The Hall–Kier alpha value is -3.35. The first-order valence-electron chi connectivity index (χ1n) is 8.56. The van der Waals surface area contributed by atoms with Crippen LogP contribution in [0, 0.1) is 0 Å². The molecule has 0 heterocycles. The molecule has 142 valence electrons. The summed E-state index contributed by atoms with van der Waals surface area (Å²) in [6, 6.07) is 13.4. The van der Waals surface area contributed by atoms with Gasteiger partial charge in [0.1, 0.15) is 11.8 Å². The van der Waals surface area contributed by atoms with E-state index in [1.165, 1.54) is 0 Å². The maximum absolute atomic E-state index is 12.3. The number of nitrogens with one attached hydrogen (secondary N) is 1. The van der Waals surface area contributed by atoms with Gasteiger partial charge in [0, 0.05) is 12.0 Å². The van der Waals surface area contributed by atoms with Gasteiger partial charge in [-0.25, -0.2) is 0 Å². The first-order chi connectivity index (χ1) is 12.9. The van der Waals surface area contributed by atoms with E-state index in [0.29, 0.717) is 12.2 Å². The lowest BCUT2D eigenvalue weighted by molar-refractivity contribution is -0.137. The molecule has 4 N–H and O–H groups in total. The van der Waals surface area contributed by atoms with E-state index in [1.54, 1.807) is 24.3 Å². The van der Waals surface area contributed by atoms with Gasteiger partial charge >= 0.3 is 5.97 Å². The zero-order chi connectivity index (χ0) is 19.8. The average Bonchev–Trinajstić information content (AvgIpc) is 2.65. The fraction of sp³-hybridized carbons (Fsp3) is 0.250. The van der Waals surface area contributed by atoms with Gasteiger partial charge in [-0.3, -0.25) is 14.4 Å². The Kier molecular flexibility index (Phi) is 6.93. The third-order valence-corrected chi connectivity index (χ3v) is 3.94. The van der Waals surface area contributed by atoms with Crippen molar-refractivity contribution in [1.29, 1.82) is 0 Å². The number of aliphatic carboxylic acids is 1. The van der Waals surface area contributed by atoms with Crippen molar-refractivity contribution in [2.75, 3.05) is 6.61 Å². The van der Waals surface area contributed by atoms with Crippen LogP contribution in [0.15, 0.2) is 48.5 Å². The number of carbonyl (C=O) groups excluding carboxylic acids is 2. The molecule has 7 nitrogen and oxygen atoms in total. The molecule has 7 heteroatoms. The number of carboxylic acids is 1. The molecule has 2 amide bonds. The third kappa shape index (κ3) is 5.85. The number of nitrogens with two attached hydrogens (primary N) is 1. The van der Waals surface area contributed by atoms with E-state index in [2.05, 4.69) is 5.32 Å². The number of carboxylic acid groups (broad SMARTS) is 1. The number of benzene rings is 2. The van der Waals surface area contributed by atoms with Gasteiger partial charge in [-0.15, -0.1) is 0 Å². The van der Waals surface area contributed by atoms with Crippen LogP contribution in [0.25, 0.3) is 11.1 Å². The first-order valence-corrected chi connectivity index (χ1v) is 8.56. The van der Waals surface area contributed by atoms with Crippen molar-refractivity contribution in [3.8, 4) is 16.9 Å². The number of rotatable bonds is 9. The molecule has 0 fully saturated rings. The number of amides is 2. The van der Waals surface area contributed by atoms with Crippen molar-refractivity contribution in [3.63, 3.8) is 0 Å². The lowest BCUT2D eigenvalue weighted by Gasteiger charge is -2.14. The second kappa shape index (κ2) is 9.38. The highest BCUT2D eigenvalue weighted by atomic mass is 16.5. The fourth-order valence-electron chi connectivity index (χ4n) is 2.52. The Bertz CT molecular complexity index is 800. The summed E-state index contributed by atoms with van der Waals surface area (Å²) in [5.74, 6) is -1.52.